The molecule has 2 N–H and O–H groups in total. The van der Waals surface area contributed by atoms with Crippen LogP contribution in [-0.2, 0) is 47.7 Å². The lowest BCUT2D eigenvalue weighted by atomic mass is 9.86. The summed E-state index contributed by atoms with van der Waals surface area (Å²) in [5, 5.41) is 19.3. The van der Waals surface area contributed by atoms with Gasteiger partial charge in [0.2, 0.25) is 0 Å². The Bertz CT molecular complexity index is 770. The standard InChI is InChI=1S/C26H40O12/c1-5-17-13-19(21(27)28)11-15(3)23(31)35-7-8-36-24(32)16(4)12-20(22(29)30)14-18(6-2)26(34)38-10-9-37-25(17)33/h15-20H,5-14H2,1-4H3,(H,27,28)(H,29,30). The zero-order chi connectivity index (χ0) is 28.8. The second-order valence-corrected chi connectivity index (χ2v) is 9.70. The highest BCUT2D eigenvalue weighted by Gasteiger charge is 2.32. The monoisotopic (exact) mass is 544 g/mol. The van der Waals surface area contributed by atoms with Crippen LogP contribution in [0.4, 0.5) is 0 Å². The third kappa shape index (κ3) is 11.1. The molecule has 12 nitrogen and oxygen atoms in total. The van der Waals surface area contributed by atoms with E-state index < -0.39 is 71.3 Å². The first-order valence-electron chi connectivity index (χ1n) is 13.0. The molecule has 0 amide bonds. The number of carbonyl (C=O) groups is 6. The maximum absolute atomic E-state index is 12.5. The summed E-state index contributed by atoms with van der Waals surface area (Å²) in [6.07, 6.45) is 0.375. The second kappa shape index (κ2) is 16.6. The predicted molar refractivity (Wildman–Crippen MR) is 130 cm³/mol. The summed E-state index contributed by atoms with van der Waals surface area (Å²) in [5.74, 6) is -10.0. The number of rotatable bonds is 4. The highest BCUT2D eigenvalue weighted by molar-refractivity contribution is 5.78. The van der Waals surface area contributed by atoms with Crippen LogP contribution in [0.5, 0.6) is 0 Å². The second-order valence-electron chi connectivity index (χ2n) is 9.70. The van der Waals surface area contributed by atoms with Crippen LogP contribution in [0.3, 0.4) is 0 Å². The van der Waals surface area contributed by atoms with Gasteiger partial charge in [-0.25, -0.2) is 0 Å². The number of carbonyl (C=O) groups excluding carboxylic acids is 4. The van der Waals surface area contributed by atoms with E-state index in [0.29, 0.717) is 12.8 Å². The van der Waals surface area contributed by atoms with Crippen LogP contribution in [0.1, 0.15) is 66.2 Å². The van der Waals surface area contributed by atoms with Crippen molar-refractivity contribution in [1.29, 1.82) is 0 Å². The molecule has 216 valence electrons. The van der Waals surface area contributed by atoms with E-state index in [1.54, 1.807) is 13.8 Å². The maximum atomic E-state index is 12.5. The zero-order valence-corrected chi connectivity index (χ0v) is 22.5. The molecule has 0 aromatic carbocycles. The van der Waals surface area contributed by atoms with Gasteiger partial charge in [0.1, 0.15) is 26.4 Å². The fraction of sp³-hybridized carbons (Fsp3) is 0.769. The van der Waals surface area contributed by atoms with Crippen LogP contribution in [-0.4, -0.2) is 72.5 Å². The topological polar surface area (TPSA) is 180 Å². The van der Waals surface area contributed by atoms with Crippen molar-refractivity contribution in [3.05, 3.63) is 0 Å². The summed E-state index contributed by atoms with van der Waals surface area (Å²) in [5.41, 5.74) is 0. The Balaban J connectivity index is 3.04. The SMILES string of the molecule is CCC1CC(C(=O)O)CC(C)C(=O)OCCOC(=O)C(C)CC(C(=O)O)CC(CC)C(=O)OCCOC1=O. The molecular formula is C26H40O12. The van der Waals surface area contributed by atoms with Gasteiger partial charge in [-0.2, -0.15) is 0 Å². The van der Waals surface area contributed by atoms with Crippen molar-refractivity contribution in [3.8, 4) is 0 Å². The Morgan fingerprint density at radius 2 is 0.895 bits per heavy atom. The molecule has 1 fully saturated rings. The molecule has 1 aliphatic rings. The van der Waals surface area contributed by atoms with Gasteiger partial charge in [0.05, 0.1) is 35.5 Å². The summed E-state index contributed by atoms with van der Waals surface area (Å²) in [6, 6.07) is 0. The van der Waals surface area contributed by atoms with Crippen LogP contribution in [0.2, 0.25) is 0 Å². The van der Waals surface area contributed by atoms with Crippen LogP contribution in [0.15, 0.2) is 0 Å². The van der Waals surface area contributed by atoms with E-state index in [2.05, 4.69) is 0 Å². The molecular weight excluding hydrogens is 504 g/mol. The first kappa shape index (κ1) is 32.8. The molecule has 1 heterocycles. The number of carboxylic acids is 2. The number of aliphatic carboxylic acids is 2. The van der Waals surface area contributed by atoms with E-state index >= 15 is 0 Å². The molecule has 0 aromatic rings. The Morgan fingerprint density at radius 3 is 1.16 bits per heavy atom. The van der Waals surface area contributed by atoms with Crippen LogP contribution < -0.4 is 0 Å². The largest absolute Gasteiger partial charge is 0.481 e. The van der Waals surface area contributed by atoms with Gasteiger partial charge in [0.25, 0.3) is 0 Å². The smallest absolute Gasteiger partial charge is 0.309 e. The van der Waals surface area contributed by atoms with Crippen molar-refractivity contribution in [2.75, 3.05) is 26.4 Å². The van der Waals surface area contributed by atoms with E-state index in [9.17, 15) is 39.0 Å². The van der Waals surface area contributed by atoms with Crippen LogP contribution in [0, 0.1) is 35.5 Å². The Hall–Kier alpha value is -3.18. The average molecular weight is 545 g/mol. The van der Waals surface area contributed by atoms with Gasteiger partial charge in [-0.15, -0.1) is 0 Å². The molecule has 6 atom stereocenters. The van der Waals surface area contributed by atoms with Gasteiger partial charge in [0, 0.05) is 0 Å². The molecule has 0 bridgehead atoms. The lowest BCUT2D eigenvalue weighted by Gasteiger charge is -2.22. The molecule has 0 saturated carbocycles. The van der Waals surface area contributed by atoms with Gasteiger partial charge in [-0.1, -0.05) is 27.7 Å². The van der Waals surface area contributed by atoms with Crippen molar-refractivity contribution < 1.29 is 57.9 Å². The lowest BCUT2D eigenvalue weighted by Crippen LogP contribution is -2.30. The van der Waals surface area contributed by atoms with Gasteiger partial charge >= 0.3 is 35.8 Å². The van der Waals surface area contributed by atoms with E-state index in [1.807, 2.05) is 0 Å². The normalized spacial score (nSPS) is 29.9. The quantitative estimate of drug-likeness (QED) is 0.390. The fourth-order valence-electron chi connectivity index (χ4n) is 4.28. The van der Waals surface area contributed by atoms with Crippen LogP contribution >= 0.6 is 0 Å². The first-order chi connectivity index (χ1) is 17.9. The molecule has 0 aromatic heterocycles. The number of cyclic esters (lactones) is 4. The summed E-state index contributed by atoms with van der Waals surface area (Å²) >= 11 is 0. The molecule has 1 aliphatic heterocycles. The minimum atomic E-state index is -1.16. The van der Waals surface area contributed by atoms with E-state index in [0.717, 1.165) is 0 Å². The summed E-state index contributed by atoms with van der Waals surface area (Å²) in [6.45, 7) is 5.43. The van der Waals surface area contributed by atoms with Gasteiger partial charge in [-0.3, -0.25) is 28.8 Å². The Morgan fingerprint density at radius 1 is 0.605 bits per heavy atom. The Labute approximate surface area is 222 Å². The van der Waals surface area contributed by atoms with Crippen molar-refractivity contribution in [2.45, 2.75) is 66.2 Å². The fourth-order valence-corrected chi connectivity index (χ4v) is 4.28. The predicted octanol–water partition coefficient (Wildman–Crippen LogP) is 2.46. The van der Waals surface area contributed by atoms with Gasteiger partial charge in [0.15, 0.2) is 0 Å². The third-order valence-electron chi connectivity index (χ3n) is 6.71. The minimum Gasteiger partial charge on any atom is -0.481 e. The lowest BCUT2D eigenvalue weighted by molar-refractivity contribution is -0.161. The number of ether oxygens (including phenoxy) is 4. The molecule has 0 aliphatic carbocycles. The third-order valence-corrected chi connectivity index (χ3v) is 6.71. The van der Waals surface area contributed by atoms with Crippen molar-refractivity contribution >= 4 is 35.8 Å². The molecule has 0 radical (unpaired) electrons. The molecule has 12 heteroatoms. The molecule has 38 heavy (non-hydrogen) atoms. The molecule has 0 spiro atoms. The van der Waals surface area contributed by atoms with Gasteiger partial charge < -0.3 is 29.2 Å². The van der Waals surface area contributed by atoms with Crippen molar-refractivity contribution in [1.82, 2.24) is 0 Å². The summed E-state index contributed by atoms with van der Waals surface area (Å²) in [7, 11) is 0. The van der Waals surface area contributed by atoms with E-state index in [-0.39, 0.29) is 52.1 Å². The highest BCUT2D eigenvalue weighted by atomic mass is 16.6. The number of esters is 4. The van der Waals surface area contributed by atoms with Crippen molar-refractivity contribution in [2.24, 2.45) is 35.5 Å². The Kier molecular flexibility index (Phi) is 14.4. The number of carboxylic acid groups (broad SMARTS) is 2. The van der Waals surface area contributed by atoms with Crippen molar-refractivity contribution in [3.63, 3.8) is 0 Å². The molecule has 1 saturated heterocycles. The highest BCUT2D eigenvalue weighted by Crippen LogP contribution is 2.26. The number of hydrogen-bond donors (Lipinski definition) is 2. The van der Waals surface area contributed by atoms with E-state index in [4.69, 9.17) is 18.9 Å². The first-order valence-corrected chi connectivity index (χ1v) is 13.0. The minimum absolute atomic E-state index is 0.0495. The molecule has 1 rings (SSSR count). The summed E-state index contributed by atoms with van der Waals surface area (Å²) in [4.78, 5) is 73.3. The number of hydrogen-bond acceptors (Lipinski definition) is 10. The summed E-state index contributed by atoms with van der Waals surface area (Å²) < 4.78 is 20.6. The maximum Gasteiger partial charge on any atom is 0.309 e. The molecule has 6 unspecified atom stereocenters. The van der Waals surface area contributed by atoms with Gasteiger partial charge in [-0.05, 0) is 38.5 Å². The van der Waals surface area contributed by atoms with Crippen LogP contribution in [0.25, 0.3) is 0 Å². The average Bonchev–Trinajstić information content (AvgIpc) is 2.87. The van der Waals surface area contributed by atoms with E-state index in [1.165, 1.54) is 13.8 Å². The zero-order valence-electron chi connectivity index (χ0n) is 22.5.